The van der Waals surface area contributed by atoms with Crippen LogP contribution in [-0.4, -0.2) is 29.2 Å². The molecule has 90 valence electrons. The number of likely N-dealkylation sites (N-methyl/N-ethyl adjacent to an activating group) is 1. The lowest BCUT2D eigenvalue weighted by molar-refractivity contribution is 0.0131. The van der Waals surface area contributed by atoms with Crippen molar-refractivity contribution in [3.63, 3.8) is 0 Å². The summed E-state index contributed by atoms with van der Waals surface area (Å²) in [7, 11) is 2.04. The SMILES string of the molecule is Cc1ccc(CN(C)CC2(O)CCCC2)o1. The molecular formula is C13H21NO2. The van der Waals surface area contributed by atoms with Crippen LogP contribution in [0.3, 0.4) is 0 Å². The quantitative estimate of drug-likeness (QED) is 0.851. The van der Waals surface area contributed by atoms with Crippen LogP contribution in [0.2, 0.25) is 0 Å². The number of furan rings is 1. The highest BCUT2D eigenvalue weighted by Gasteiger charge is 2.32. The van der Waals surface area contributed by atoms with Gasteiger partial charge in [0.15, 0.2) is 0 Å². The molecule has 16 heavy (non-hydrogen) atoms. The Morgan fingerprint density at radius 3 is 2.62 bits per heavy atom. The predicted octanol–water partition coefficient (Wildman–Crippen LogP) is 2.32. The van der Waals surface area contributed by atoms with Crippen LogP contribution >= 0.6 is 0 Å². The average molecular weight is 223 g/mol. The molecule has 0 unspecified atom stereocenters. The maximum absolute atomic E-state index is 10.3. The van der Waals surface area contributed by atoms with Gasteiger partial charge in [-0.05, 0) is 38.9 Å². The second-order valence-electron chi connectivity index (χ2n) is 5.12. The molecule has 1 fully saturated rings. The summed E-state index contributed by atoms with van der Waals surface area (Å²) in [6.45, 7) is 3.47. The first-order chi connectivity index (χ1) is 7.57. The molecular weight excluding hydrogens is 202 g/mol. The Bertz CT molecular complexity index is 339. The van der Waals surface area contributed by atoms with E-state index in [1.807, 2.05) is 26.1 Å². The molecule has 1 aliphatic rings. The standard InChI is InChI=1S/C13H21NO2/c1-11-5-6-12(16-11)9-14(2)10-13(15)7-3-4-8-13/h5-6,15H,3-4,7-10H2,1-2H3. The molecule has 0 aliphatic heterocycles. The molecule has 1 N–H and O–H groups in total. The van der Waals surface area contributed by atoms with Crippen LogP contribution in [0.1, 0.15) is 37.2 Å². The fraction of sp³-hybridized carbons (Fsp3) is 0.692. The molecule has 1 aromatic rings. The summed E-state index contributed by atoms with van der Waals surface area (Å²) in [6, 6.07) is 3.98. The number of aliphatic hydroxyl groups is 1. The van der Waals surface area contributed by atoms with Gasteiger partial charge in [-0.2, -0.15) is 0 Å². The maximum atomic E-state index is 10.3. The highest BCUT2D eigenvalue weighted by molar-refractivity contribution is 5.05. The van der Waals surface area contributed by atoms with Crippen LogP contribution in [-0.2, 0) is 6.54 Å². The molecule has 3 heteroatoms. The normalized spacial score (nSPS) is 19.5. The molecule has 1 heterocycles. The second kappa shape index (κ2) is 4.60. The number of rotatable bonds is 4. The topological polar surface area (TPSA) is 36.6 Å². The summed E-state index contributed by atoms with van der Waals surface area (Å²) in [6.07, 6.45) is 4.19. The lowest BCUT2D eigenvalue weighted by Crippen LogP contribution is -2.38. The molecule has 0 amide bonds. The summed E-state index contributed by atoms with van der Waals surface area (Å²) in [5.41, 5.74) is -0.462. The van der Waals surface area contributed by atoms with Gasteiger partial charge >= 0.3 is 0 Å². The number of hydrogen-bond donors (Lipinski definition) is 1. The minimum atomic E-state index is -0.462. The molecule has 0 saturated heterocycles. The molecule has 0 atom stereocenters. The Morgan fingerprint density at radius 1 is 1.38 bits per heavy atom. The van der Waals surface area contributed by atoms with E-state index < -0.39 is 5.60 Å². The first-order valence-electron chi connectivity index (χ1n) is 6.04. The zero-order valence-corrected chi connectivity index (χ0v) is 10.2. The van der Waals surface area contributed by atoms with Gasteiger partial charge in [-0.15, -0.1) is 0 Å². The van der Waals surface area contributed by atoms with E-state index in [0.717, 1.165) is 50.3 Å². The summed E-state index contributed by atoms with van der Waals surface area (Å²) >= 11 is 0. The molecule has 0 aromatic carbocycles. The Balaban J connectivity index is 1.86. The Morgan fingerprint density at radius 2 is 2.06 bits per heavy atom. The first kappa shape index (κ1) is 11.7. The molecule has 1 saturated carbocycles. The van der Waals surface area contributed by atoms with E-state index in [1.54, 1.807) is 0 Å². The van der Waals surface area contributed by atoms with Crippen LogP contribution in [0.15, 0.2) is 16.5 Å². The van der Waals surface area contributed by atoms with Gasteiger partial charge in [0.25, 0.3) is 0 Å². The Kier molecular flexibility index (Phi) is 3.36. The van der Waals surface area contributed by atoms with Crippen molar-refractivity contribution in [2.45, 2.75) is 44.8 Å². The van der Waals surface area contributed by atoms with E-state index in [1.165, 1.54) is 0 Å². The van der Waals surface area contributed by atoms with E-state index in [9.17, 15) is 5.11 Å². The molecule has 2 rings (SSSR count). The van der Waals surface area contributed by atoms with Crippen LogP contribution in [0.5, 0.6) is 0 Å². The van der Waals surface area contributed by atoms with E-state index in [4.69, 9.17) is 4.42 Å². The first-order valence-corrected chi connectivity index (χ1v) is 6.04. The molecule has 1 aliphatic carbocycles. The summed E-state index contributed by atoms with van der Waals surface area (Å²) in [5.74, 6) is 1.92. The average Bonchev–Trinajstić information content (AvgIpc) is 2.75. The molecule has 3 nitrogen and oxygen atoms in total. The zero-order chi connectivity index (χ0) is 11.6. The maximum Gasteiger partial charge on any atom is 0.118 e. The van der Waals surface area contributed by atoms with Crippen molar-refractivity contribution in [1.82, 2.24) is 4.90 Å². The molecule has 0 bridgehead atoms. The van der Waals surface area contributed by atoms with Crippen molar-refractivity contribution in [1.29, 1.82) is 0 Å². The zero-order valence-electron chi connectivity index (χ0n) is 10.2. The van der Waals surface area contributed by atoms with E-state index >= 15 is 0 Å². The summed E-state index contributed by atoms with van der Waals surface area (Å²) in [5, 5.41) is 10.3. The van der Waals surface area contributed by atoms with Crippen LogP contribution in [0.4, 0.5) is 0 Å². The summed E-state index contributed by atoms with van der Waals surface area (Å²) < 4.78 is 5.53. The predicted molar refractivity (Wildman–Crippen MR) is 63.2 cm³/mol. The lowest BCUT2D eigenvalue weighted by atomic mass is 10.0. The van der Waals surface area contributed by atoms with E-state index in [-0.39, 0.29) is 0 Å². The second-order valence-corrected chi connectivity index (χ2v) is 5.12. The highest BCUT2D eigenvalue weighted by Crippen LogP contribution is 2.30. The van der Waals surface area contributed by atoms with Gasteiger partial charge in [0.1, 0.15) is 11.5 Å². The van der Waals surface area contributed by atoms with Gasteiger partial charge in [-0.1, -0.05) is 12.8 Å². The Labute approximate surface area is 97.1 Å². The fourth-order valence-corrected chi connectivity index (χ4v) is 2.59. The third-order valence-electron chi connectivity index (χ3n) is 3.32. The van der Waals surface area contributed by atoms with Crippen molar-refractivity contribution in [2.24, 2.45) is 0 Å². The van der Waals surface area contributed by atoms with Gasteiger partial charge in [0.2, 0.25) is 0 Å². The number of nitrogens with zero attached hydrogens (tertiary/aromatic N) is 1. The van der Waals surface area contributed by atoms with Gasteiger partial charge in [0, 0.05) is 6.54 Å². The van der Waals surface area contributed by atoms with Gasteiger partial charge in [-0.25, -0.2) is 0 Å². The minimum Gasteiger partial charge on any atom is -0.465 e. The Hall–Kier alpha value is -0.800. The van der Waals surface area contributed by atoms with E-state index in [0.29, 0.717) is 0 Å². The molecule has 1 aromatic heterocycles. The highest BCUT2D eigenvalue weighted by atomic mass is 16.3. The van der Waals surface area contributed by atoms with Gasteiger partial charge in [0.05, 0.1) is 12.1 Å². The molecule has 0 spiro atoms. The van der Waals surface area contributed by atoms with Gasteiger partial charge in [-0.3, -0.25) is 4.90 Å². The van der Waals surface area contributed by atoms with Crippen LogP contribution in [0.25, 0.3) is 0 Å². The van der Waals surface area contributed by atoms with Crippen molar-refractivity contribution >= 4 is 0 Å². The summed E-state index contributed by atoms with van der Waals surface area (Å²) in [4.78, 5) is 2.14. The smallest absolute Gasteiger partial charge is 0.118 e. The molecule has 0 radical (unpaired) electrons. The van der Waals surface area contributed by atoms with Crippen molar-refractivity contribution in [2.75, 3.05) is 13.6 Å². The van der Waals surface area contributed by atoms with Crippen molar-refractivity contribution in [3.8, 4) is 0 Å². The van der Waals surface area contributed by atoms with Crippen LogP contribution in [0, 0.1) is 6.92 Å². The van der Waals surface area contributed by atoms with Gasteiger partial charge < -0.3 is 9.52 Å². The van der Waals surface area contributed by atoms with E-state index in [2.05, 4.69) is 4.90 Å². The lowest BCUT2D eigenvalue weighted by Gasteiger charge is -2.27. The number of hydrogen-bond acceptors (Lipinski definition) is 3. The third-order valence-corrected chi connectivity index (χ3v) is 3.32. The van der Waals surface area contributed by atoms with Crippen molar-refractivity contribution in [3.05, 3.63) is 23.7 Å². The van der Waals surface area contributed by atoms with Crippen LogP contribution < -0.4 is 0 Å². The van der Waals surface area contributed by atoms with Crippen molar-refractivity contribution < 1.29 is 9.52 Å². The number of aryl methyl sites for hydroxylation is 1. The third kappa shape index (κ3) is 2.86. The largest absolute Gasteiger partial charge is 0.465 e. The monoisotopic (exact) mass is 223 g/mol. The fourth-order valence-electron chi connectivity index (χ4n) is 2.59. The minimum absolute atomic E-state index is 0.462.